The van der Waals surface area contributed by atoms with Gasteiger partial charge in [0.25, 0.3) is 0 Å². The smallest absolute Gasteiger partial charge is 0.246 e. The van der Waals surface area contributed by atoms with Crippen molar-refractivity contribution >= 4 is 28.6 Å². The highest BCUT2D eigenvalue weighted by Crippen LogP contribution is 2.37. The van der Waals surface area contributed by atoms with E-state index in [-0.39, 0.29) is 17.6 Å². The number of aromatic nitrogens is 6. The van der Waals surface area contributed by atoms with Crippen LogP contribution >= 0.6 is 0 Å². The summed E-state index contributed by atoms with van der Waals surface area (Å²) in [4.78, 5) is 25.1. The largest absolute Gasteiger partial charge is 0.457 e. The second-order valence-corrected chi connectivity index (χ2v) is 10.7. The summed E-state index contributed by atoms with van der Waals surface area (Å²) < 4.78 is 24.7. The van der Waals surface area contributed by atoms with Crippen LogP contribution in [0.4, 0.5) is 15.9 Å². The lowest BCUT2D eigenvalue weighted by Gasteiger charge is -2.31. The van der Waals surface area contributed by atoms with E-state index in [0.717, 1.165) is 11.3 Å². The molecule has 48 heavy (non-hydrogen) atoms. The number of hydrogen-bond donors (Lipinski definition) is 1. The van der Waals surface area contributed by atoms with E-state index in [2.05, 4.69) is 25.5 Å². The molecule has 4 aromatic heterocycles. The quantitative estimate of drug-likeness (QED) is 0.169. The maximum Gasteiger partial charge on any atom is 0.246 e. The Kier molecular flexibility index (Phi) is 14.5. The number of aryl methyl sites for hydroxylation is 1. The zero-order chi connectivity index (χ0) is 35.2. The maximum atomic E-state index is 15.4. The molecule has 1 fully saturated rings. The number of pyridine rings is 1. The van der Waals surface area contributed by atoms with Gasteiger partial charge in [-0.15, -0.1) is 0 Å². The van der Waals surface area contributed by atoms with Crippen LogP contribution in [0, 0.1) is 12.7 Å². The number of nitrogens with zero attached hydrogens (tertiary/aromatic N) is 8. The first-order valence-electron chi connectivity index (χ1n) is 16.8. The summed E-state index contributed by atoms with van der Waals surface area (Å²) in [5, 5.41) is 11.7. The van der Waals surface area contributed by atoms with Crippen molar-refractivity contribution in [3.8, 4) is 11.5 Å². The predicted molar refractivity (Wildman–Crippen MR) is 191 cm³/mol. The second-order valence-electron chi connectivity index (χ2n) is 10.7. The Balaban J connectivity index is 0.000000987. The van der Waals surface area contributed by atoms with Crippen LogP contribution in [0.2, 0.25) is 0 Å². The van der Waals surface area contributed by atoms with Crippen LogP contribution < -0.4 is 10.1 Å². The number of nitrogens with one attached hydrogen (secondary N) is 1. The summed E-state index contributed by atoms with van der Waals surface area (Å²) in [5.41, 5.74) is 3.57. The Morgan fingerprint density at radius 3 is 2.38 bits per heavy atom. The molecule has 0 aliphatic carbocycles. The maximum absolute atomic E-state index is 15.4. The number of halogens is 1. The molecule has 11 nitrogen and oxygen atoms in total. The van der Waals surface area contributed by atoms with Crippen molar-refractivity contribution in [3.63, 3.8) is 0 Å². The third-order valence-corrected chi connectivity index (χ3v) is 7.43. The Morgan fingerprint density at radius 1 is 1.00 bits per heavy atom. The molecule has 6 rings (SSSR count). The first kappa shape index (κ1) is 37.6. The molecule has 0 atom stereocenters. The lowest BCUT2D eigenvalue weighted by molar-refractivity contribution is -0.127. The molecule has 0 bridgehead atoms. The molecule has 12 heteroatoms. The summed E-state index contributed by atoms with van der Waals surface area (Å²) >= 11 is 0. The monoisotopic (exact) mass is 659 g/mol. The molecule has 0 radical (unpaired) electrons. The number of amides is 1. The van der Waals surface area contributed by atoms with Gasteiger partial charge in [-0.1, -0.05) is 47.6 Å². The predicted octanol–water partition coefficient (Wildman–Crippen LogP) is 7.66. The van der Waals surface area contributed by atoms with Crippen LogP contribution in [-0.4, -0.2) is 78.6 Å². The van der Waals surface area contributed by atoms with Gasteiger partial charge < -0.3 is 19.9 Å². The normalized spacial score (nSPS) is 13.0. The van der Waals surface area contributed by atoms with Crippen LogP contribution in [0.1, 0.15) is 71.4 Å². The van der Waals surface area contributed by atoms with Crippen LogP contribution in [0.3, 0.4) is 0 Å². The van der Waals surface area contributed by atoms with Gasteiger partial charge in [-0.3, -0.25) is 4.79 Å². The third kappa shape index (κ3) is 9.15. The highest BCUT2D eigenvalue weighted by molar-refractivity contribution is 5.87. The van der Waals surface area contributed by atoms with Crippen molar-refractivity contribution in [2.24, 2.45) is 0 Å². The molecule has 1 aromatic carbocycles. The lowest BCUT2D eigenvalue weighted by atomic mass is 9.89. The SMILES string of the molecule is CC.CC.CC.Cc1cc(Nc2ncnn3cc(F)c(C4CCN(C(=O)/C=C/CN(C)C)CC4)c23)ccc1Oc1ccn2ncnc2c1. The van der Waals surface area contributed by atoms with Gasteiger partial charge in [-0.2, -0.15) is 10.2 Å². The fraction of sp³-hybridized carbons (Fsp3) is 0.417. The number of hydrogen-bond acceptors (Lipinski definition) is 8. The van der Waals surface area contributed by atoms with Crippen LogP contribution in [0.15, 0.2) is 67.5 Å². The van der Waals surface area contributed by atoms with Crippen molar-refractivity contribution in [2.75, 3.05) is 39.0 Å². The van der Waals surface area contributed by atoms with E-state index in [1.54, 1.807) is 16.8 Å². The van der Waals surface area contributed by atoms with E-state index in [9.17, 15) is 4.79 Å². The van der Waals surface area contributed by atoms with Crippen molar-refractivity contribution in [1.29, 1.82) is 0 Å². The van der Waals surface area contributed by atoms with Crippen molar-refractivity contribution in [3.05, 3.63) is 84.5 Å². The zero-order valence-electron chi connectivity index (χ0n) is 29.7. The fourth-order valence-electron chi connectivity index (χ4n) is 5.31. The lowest BCUT2D eigenvalue weighted by Crippen LogP contribution is -2.37. The van der Waals surface area contributed by atoms with E-state index in [4.69, 9.17) is 4.74 Å². The minimum Gasteiger partial charge on any atom is -0.457 e. The van der Waals surface area contributed by atoms with Gasteiger partial charge in [0, 0.05) is 49.2 Å². The van der Waals surface area contributed by atoms with Gasteiger partial charge in [0.05, 0.1) is 6.20 Å². The van der Waals surface area contributed by atoms with Crippen LogP contribution in [-0.2, 0) is 4.79 Å². The second kappa shape index (κ2) is 18.5. The summed E-state index contributed by atoms with van der Waals surface area (Å²) in [6.07, 6.45) is 10.9. The number of likely N-dealkylation sites (N-methyl/N-ethyl adjacent to an activating group) is 1. The molecular formula is C36H50FN9O2. The van der Waals surface area contributed by atoms with E-state index in [0.29, 0.717) is 66.5 Å². The standard InChI is InChI=1S/C30H32FN9O2.3C2H6/c1-20-15-22(6-7-25(20)42-23-10-14-39-26(16-23)32-18-34-39)36-30-29-28(24(31)17-40(29)35-19-33-30)21-8-12-38(13-9-21)27(41)5-4-11-37(2)3;3*1-2/h4-7,10,14-19,21H,8-9,11-13H2,1-3H3,(H,33,35,36);3*1-2H3/b5-4+;;;. The van der Waals surface area contributed by atoms with E-state index < -0.39 is 0 Å². The minimum atomic E-state index is -0.321. The van der Waals surface area contributed by atoms with Crippen molar-refractivity contribution < 1.29 is 13.9 Å². The summed E-state index contributed by atoms with van der Waals surface area (Å²) in [6, 6.07) is 9.38. The summed E-state index contributed by atoms with van der Waals surface area (Å²) in [7, 11) is 3.91. The number of carbonyl (C=O) groups is 1. The molecule has 5 heterocycles. The number of piperidine rings is 1. The van der Waals surface area contributed by atoms with Crippen LogP contribution in [0.25, 0.3) is 11.2 Å². The Labute approximate surface area is 283 Å². The Morgan fingerprint density at radius 2 is 1.69 bits per heavy atom. The number of likely N-dealkylation sites (tertiary alicyclic amines) is 1. The number of carbonyl (C=O) groups excluding carboxylic acids is 1. The number of ether oxygens (including phenoxy) is 1. The van der Waals surface area contributed by atoms with Gasteiger partial charge in [-0.05, 0) is 69.6 Å². The van der Waals surface area contributed by atoms with Gasteiger partial charge >= 0.3 is 0 Å². The van der Waals surface area contributed by atoms with Gasteiger partial charge in [0.15, 0.2) is 11.5 Å². The average molecular weight is 660 g/mol. The van der Waals surface area contributed by atoms with Gasteiger partial charge in [0.1, 0.15) is 35.5 Å². The molecule has 0 saturated carbocycles. The molecule has 1 saturated heterocycles. The number of anilines is 2. The molecule has 258 valence electrons. The van der Waals surface area contributed by atoms with E-state index >= 15 is 4.39 Å². The van der Waals surface area contributed by atoms with E-state index in [1.165, 1.54) is 23.4 Å². The van der Waals surface area contributed by atoms with Gasteiger partial charge in [-0.25, -0.2) is 23.4 Å². The number of fused-ring (bicyclic) bond motifs is 2. The fourth-order valence-corrected chi connectivity index (χ4v) is 5.31. The first-order valence-corrected chi connectivity index (χ1v) is 16.8. The molecule has 1 N–H and O–H groups in total. The highest BCUT2D eigenvalue weighted by Gasteiger charge is 2.29. The Bertz CT molecular complexity index is 1770. The Hall–Kier alpha value is -4.84. The summed E-state index contributed by atoms with van der Waals surface area (Å²) in [6.45, 7) is 15.8. The molecule has 0 unspecified atom stereocenters. The molecule has 1 aliphatic heterocycles. The summed E-state index contributed by atoms with van der Waals surface area (Å²) in [5.74, 6) is 1.48. The third-order valence-electron chi connectivity index (χ3n) is 7.43. The van der Waals surface area contributed by atoms with Crippen LogP contribution in [0.5, 0.6) is 11.5 Å². The zero-order valence-corrected chi connectivity index (χ0v) is 29.7. The average Bonchev–Trinajstić information content (AvgIpc) is 3.72. The number of rotatable bonds is 8. The van der Waals surface area contributed by atoms with Crippen molar-refractivity contribution in [1.82, 2.24) is 39.0 Å². The molecular weight excluding hydrogens is 609 g/mol. The molecule has 0 spiro atoms. The number of benzene rings is 1. The van der Waals surface area contributed by atoms with Crippen molar-refractivity contribution in [2.45, 2.75) is 67.2 Å². The molecule has 5 aromatic rings. The highest BCUT2D eigenvalue weighted by atomic mass is 19.1. The topological polar surface area (TPSA) is 105 Å². The first-order chi connectivity index (χ1) is 23.4. The van der Waals surface area contributed by atoms with E-state index in [1.807, 2.05) is 109 Å². The molecule has 1 amide bonds. The molecule has 1 aliphatic rings. The van der Waals surface area contributed by atoms with Gasteiger partial charge in [0.2, 0.25) is 5.91 Å². The minimum absolute atomic E-state index is 0.00919.